The molecule has 6 nitrogen and oxygen atoms in total. The summed E-state index contributed by atoms with van der Waals surface area (Å²) in [6.45, 7) is 6.41. The fourth-order valence-electron chi connectivity index (χ4n) is 2.20. The van der Waals surface area contributed by atoms with Gasteiger partial charge in [-0.3, -0.25) is 15.7 Å². The number of aromatic nitrogens is 3. The molecule has 2 amide bonds. The van der Waals surface area contributed by atoms with Gasteiger partial charge in [-0.25, -0.2) is 9.78 Å². The number of H-pyrrole nitrogens is 1. The molecule has 21 heavy (non-hydrogen) atoms. The third-order valence-corrected chi connectivity index (χ3v) is 4.87. The van der Waals surface area contributed by atoms with Crippen LogP contribution < -0.4 is 10.6 Å². The Morgan fingerprint density at radius 1 is 1.48 bits per heavy atom. The molecular formula is C14H19N5OS. The molecule has 1 aliphatic carbocycles. The van der Waals surface area contributed by atoms with E-state index < -0.39 is 0 Å². The lowest BCUT2D eigenvalue weighted by atomic mass is 10.2. The molecule has 2 unspecified atom stereocenters. The topological polar surface area (TPSA) is 82.7 Å². The van der Waals surface area contributed by atoms with Crippen LogP contribution in [-0.2, 0) is 0 Å². The average molecular weight is 305 g/mol. The standard InChI is InChI=1S/C14H19N5OS/c1-7(2)11-6-15-14(21-11)17-13(20)16-12-5-10(18-19-12)9-4-8(9)3/h5-9H,4H2,1-3H3,(H3,15,16,17,18,19,20). The van der Waals surface area contributed by atoms with Crippen LogP contribution in [0.2, 0.25) is 0 Å². The van der Waals surface area contributed by atoms with Crippen molar-refractivity contribution in [3.8, 4) is 0 Å². The zero-order valence-electron chi connectivity index (χ0n) is 12.3. The van der Waals surface area contributed by atoms with Gasteiger partial charge in [0.05, 0.1) is 0 Å². The summed E-state index contributed by atoms with van der Waals surface area (Å²) in [5.74, 6) is 2.22. The molecule has 1 fully saturated rings. The Hall–Kier alpha value is -1.89. The molecule has 3 rings (SSSR count). The van der Waals surface area contributed by atoms with E-state index in [4.69, 9.17) is 0 Å². The highest BCUT2D eigenvalue weighted by atomic mass is 32.1. The zero-order chi connectivity index (χ0) is 15.0. The van der Waals surface area contributed by atoms with Crippen molar-refractivity contribution in [2.24, 2.45) is 5.92 Å². The van der Waals surface area contributed by atoms with Gasteiger partial charge in [0.25, 0.3) is 0 Å². The minimum Gasteiger partial charge on any atom is -0.291 e. The number of hydrogen-bond donors (Lipinski definition) is 3. The monoisotopic (exact) mass is 305 g/mol. The van der Waals surface area contributed by atoms with Crippen LogP contribution in [0.3, 0.4) is 0 Å². The zero-order valence-corrected chi connectivity index (χ0v) is 13.1. The third-order valence-electron chi connectivity index (χ3n) is 3.66. The highest BCUT2D eigenvalue weighted by Crippen LogP contribution is 2.46. The Labute approximate surface area is 127 Å². The molecule has 2 atom stereocenters. The molecule has 0 spiro atoms. The van der Waals surface area contributed by atoms with E-state index in [0.717, 1.165) is 10.6 Å². The first-order chi connectivity index (χ1) is 10.0. The van der Waals surface area contributed by atoms with Gasteiger partial charge in [0, 0.05) is 28.8 Å². The number of carbonyl (C=O) groups excluding carboxylic acids is 1. The molecule has 1 saturated carbocycles. The first-order valence-electron chi connectivity index (χ1n) is 7.12. The SMILES string of the molecule is CC(C)c1cnc(NC(=O)Nc2cc(C3CC3C)[nH]n2)s1. The summed E-state index contributed by atoms with van der Waals surface area (Å²) in [5.41, 5.74) is 1.09. The molecule has 2 aromatic rings. The lowest BCUT2D eigenvalue weighted by Crippen LogP contribution is -2.19. The van der Waals surface area contributed by atoms with Gasteiger partial charge >= 0.3 is 6.03 Å². The van der Waals surface area contributed by atoms with Crippen LogP contribution in [-0.4, -0.2) is 21.2 Å². The first kappa shape index (κ1) is 14.1. The molecule has 0 aromatic carbocycles. The van der Waals surface area contributed by atoms with E-state index in [1.807, 2.05) is 6.07 Å². The maximum absolute atomic E-state index is 11.9. The molecule has 0 saturated heterocycles. The van der Waals surface area contributed by atoms with E-state index >= 15 is 0 Å². The average Bonchev–Trinajstić information content (AvgIpc) is 2.84. The van der Waals surface area contributed by atoms with Crippen LogP contribution >= 0.6 is 11.3 Å². The summed E-state index contributed by atoms with van der Waals surface area (Å²) in [6.07, 6.45) is 2.98. The first-order valence-corrected chi connectivity index (χ1v) is 7.93. The molecule has 3 N–H and O–H groups in total. The fourth-order valence-corrected chi connectivity index (χ4v) is 3.02. The highest BCUT2D eigenvalue weighted by molar-refractivity contribution is 7.15. The molecule has 112 valence electrons. The van der Waals surface area contributed by atoms with E-state index in [0.29, 0.717) is 28.7 Å². The molecule has 0 radical (unpaired) electrons. The number of thiazole rings is 1. The highest BCUT2D eigenvalue weighted by Gasteiger charge is 2.35. The number of nitrogens with one attached hydrogen (secondary N) is 3. The Morgan fingerprint density at radius 2 is 2.24 bits per heavy atom. The number of carbonyl (C=O) groups is 1. The molecule has 2 heterocycles. The van der Waals surface area contributed by atoms with Crippen LogP contribution in [0.5, 0.6) is 0 Å². The van der Waals surface area contributed by atoms with Crippen molar-refractivity contribution in [3.63, 3.8) is 0 Å². The maximum atomic E-state index is 11.9. The summed E-state index contributed by atoms with van der Waals surface area (Å²) in [5, 5.41) is 13.1. The number of amides is 2. The quantitative estimate of drug-likeness (QED) is 0.804. The second kappa shape index (κ2) is 5.48. The van der Waals surface area contributed by atoms with Crippen LogP contribution in [0.15, 0.2) is 12.3 Å². The molecule has 0 aliphatic heterocycles. The van der Waals surface area contributed by atoms with Crippen molar-refractivity contribution < 1.29 is 4.79 Å². The van der Waals surface area contributed by atoms with Crippen molar-refractivity contribution >= 4 is 28.3 Å². The van der Waals surface area contributed by atoms with Gasteiger partial charge in [0.1, 0.15) is 0 Å². The van der Waals surface area contributed by atoms with E-state index in [1.54, 1.807) is 6.20 Å². The predicted octanol–water partition coefficient (Wildman–Crippen LogP) is 3.76. The van der Waals surface area contributed by atoms with Crippen LogP contribution in [0.4, 0.5) is 15.7 Å². The van der Waals surface area contributed by atoms with Gasteiger partial charge in [0.15, 0.2) is 10.9 Å². The van der Waals surface area contributed by atoms with Gasteiger partial charge in [-0.15, -0.1) is 11.3 Å². The number of nitrogens with zero attached hydrogens (tertiary/aromatic N) is 2. The maximum Gasteiger partial charge on any atom is 0.326 e. The van der Waals surface area contributed by atoms with E-state index in [1.165, 1.54) is 17.8 Å². The largest absolute Gasteiger partial charge is 0.326 e. The van der Waals surface area contributed by atoms with Crippen molar-refractivity contribution in [1.29, 1.82) is 0 Å². The Kier molecular flexibility index (Phi) is 3.67. The molecule has 2 aromatic heterocycles. The van der Waals surface area contributed by atoms with Gasteiger partial charge in [-0.2, -0.15) is 5.10 Å². The van der Waals surface area contributed by atoms with Gasteiger partial charge in [0.2, 0.25) is 0 Å². The summed E-state index contributed by atoms with van der Waals surface area (Å²) in [4.78, 5) is 17.2. The van der Waals surface area contributed by atoms with Crippen LogP contribution in [0, 0.1) is 5.92 Å². The number of hydrogen-bond acceptors (Lipinski definition) is 4. The second-order valence-corrected chi connectivity index (χ2v) is 6.89. The summed E-state index contributed by atoms with van der Waals surface area (Å²) in [7, 11) is 0. The van der Waals surface area contributed by atoms with Crippen molar-refractivity contribution in [2.75, 3.05) is 10.6 Å². The van der Waals surface area contributed by atoms with Gasteiger partial charge in [-0.1, -0.05) is 20.8 Å². The minimum absolute atomic E-state index is 0.318. The van der Waals surface area contributed by atoms with E-state index in [-0.39, 0.29) is 6.03 Å². The van der Waals surface area contributed by atoms with E-state index in [9.17, 15) is 4.79 Å². The summed E-state index contributed by atoms with van der Waals surface area (Å²) in [6, 6.07) is 1.58. The van der Waals surface area contributed by atoms with E-state index in [2.05, 4.69) is 46.6 Å². The van der Waals surface area contributed by atoms with Crippen LogP contribution in [0.1, 0.15) is 49.6 Å². The Morgan fingerprint density at radius 3 is 2.86 bits per heavy atom. The second-order valence-electron chi connectivity index (χ2n) is 5.83. The normalized spacial score (nSPS) is 20.6. The molecule has 0 bridgehead atoms. The number of anilines is 2. The Balaban J connectivity index is 1.57. The lowest BCUT2D eigenvalue weighted by Gasteiger charge is -2.01. The van der Waals surface area contributed by atoms with Gasteiger partial charge in [-0.05, 0) is 18.3 Å². The number of urea groups is 1. The predicted molar refractivity (Wildman–Crippen MR) is 84.0 cm³/mol. The number of aromatic amines is 1. The van der Waals surface area contributed by atoms with Crippen molar-refractivity contribution in [1.82, 2.24) is 15.2 Å². The third kappa shape index (κ3) is 3.24. The van der Waals surface area contributed by atoms with Crippen molar-refractivity contribution in [2.45, 2.75) is 39.0 Å². The lowest BCUT2D eigenvalue weighted by molar-refractivity contribution is 0.262. The number of rotatable bonds is 4. The Bertz CT molecular complexity index is 647. The van der Waals surface area contributed by atoms with Crippen LogP contribution in [0.25, 0.3) is 0 Å². The smallest absolute Gasteiger partial charge is 0.291 e. The fraction of sp³-hybridized carbons (Fsp3) is 0.500. The molecular weight excluding hydrogens is 286 g/mol. The molecule has 7 heteroatoms. The summed E-state index contributed by atoms with van der Waals surface area (Å²) < 4.78 is 0. The summed E-state index contributed by atoms with van der Waals surface area (Å²) >= 11 is 1.49. The minimum atomic E-state index is -0.318. The molecule has 1 aliphatic rings. The van der Waals surface area contributed by atoms with Gasteiger partial charge < -0.3 is 0 Å². The van der Waals surface area contributed by atoms with Crippen molar-refractivity contribution in [3.05, 3.63) is 22.8 Å².